The molecule has 0 bridgehead atoms. The third kappa shape index (κ3) is 5.30. The predicted molar refractivity (Wildman–Crippen MR) is 75.3 cm³/mol. The summed E-state index contributed by atoms with van der Waals surface area (Å²) in [5.41, 5.74) is 0. The van der Waals surface area contributed by atoms with Crippen molar-refractivity contribution in [1.82, 2.24) is 10.2 Å². The molecule has 0 aromatic heterocycles. The van der Waals surface area contributed by atoms with Gasteiger partial charge in [0, 0.05) is 6.54 Å². The van der Waals surface area contributed by atoms with E-state index in [1.165, 1.54) is 25.0 Å². The first-order valence-electron chi connectivity index (χ1n) is 6.80. The van der Waals surface area contributed by atoms with Crippen LogP contribution in [-0.4, -0.2) is 42.1 Å². The molecule has 1 unspecified atom stereocenters. The van der Waals surface area contributed by atoms with E-state index >= 15 is 0 Å². The Kier molecular flexibility index (Phi) is 7.69. The van der Waals surface area contributed by atoms with Gasteiger partial charge in [-0.3, -0.25) is 10.1 Å². The number of rotatable bonds is 9. The molecule has 0 aromatic carbocycles. The molecule has 1 saturated heterocycles. The molecule has 1 amide bonds. The second kappa shape index (κ2) is 8.81. The summed E-state index contributed by atoms with van der Waals surface area (Å²) in [6.45, 7) is 3.82. The van der Waals surface area contributed by atoms with Gasteiger partial charge < -0.3 is 4.90 Å². The minimum atomic E-state index is 0.0940. The van der Waals surface area contributed by atoms with Gasteiger partial charge in [0.15, 0.2) is 0 Å². The highest BCUT2D eigenvalue weighted by Gasteiger charge is 2.29. The summed E-state index contributed by atoms with van der Waals surface area (Å²) in [5.74, 6) is 1.58. The summed E-state index contributed by atoms with van der Waals surface area (Å²) in [5, 5.41) is 3.29. The second-order valence-corrected chi connectivity index (χ2v) is 5.70. The van der Waals surface area contributed by atoms with Crippen LogP contribution in [0, 0.1) is 0 Å². The van der Waals surface area contributed by atoms with Gasteiger partial charge in [-0.15, -0.1) is 0 Å². The number of nitrogens with zero attached hydrogens (tertiary/aromatic N) is 1. The van der Waals surface area contributed by atoms with E-state index in [0.29, 0.717) is 5.91 Å². The van der Waals surface area contributed by atoms with E-state index in [4.69, 9.17) is 0 Å². The van der Waals surface area contributed by atoms with E-state index in [1.807, 2.05) is 16.7 Å². The third-order valence-corrected chi connectivity index (χ3v) is 3.94. The van der Waals surface area contributed by atoms with Crippen LogP contribution >= 0.6 is 11.8 Å². The molecule has 1 aliphatic rings. The number of carbonyl (C=O) groups is 1. The van der Waals surface area contributed by atoms with Crippen molar-refractivity contribution >= 4 is 17.7 Å². The van der Waals surface area contributed by atoms with Gasteiger partial charge in [0.05, 0.1) is 12.7 Å². The lowest BCUT2D eigenvalue weighted by atomic mass is 10.1. The SMILES string of the molecule is CCCC1NCN(CCCCCCSC)C1=O. The standard InChI is InChI=1S/C13H26N2OS/c1-3-8-12-13(16)15(11-14-12)9-6-4-5-7-10-17-2/h12,14H,3-11H2,1-2H3. The number of unbranched alkanes of at least 4 members (excludes halogenated alkanes) is 3. The molecule has 3 nitrogen and oxygen atoms in total. The molecule has 0 radical (unpaired) electrons. The molecule has 0 saturated carbocycles. The van der Waals surface area contributed by atoms with E-state index in [9.17, 15) is 4.79 Å². The third-order valence-electron chi connectivity index (χ3n) is 3.24. The Hall–Kier alpha value is -0.220. The van der Waals surface area contributed by atoms with Crippen molar-refractivity contribution in [3.63, 3.8) is 0 Å². The van der Waals surface area contributed by atoms with Crippen molar-refractivity contribution in [2.45, 2.75) is 51.5 Å². The number of hydrogen-bond donors (Lipinski definition) is 1. The van der Waals surface area contributed by atoms with Gasteiger partial charge in [-0.2, -0.15) is 11.8 Å². The number of amides is 1. The lowest BCUT2D eigenvalue weighted by molar-refractivity contribution is -0.129. The fourth-order valence-corrected chi connectivity index (χ4v) is 2.70. The largest absolute Gasteiger partial charge is 0.329 e. The molecule has 100 valence electrons. The molecule has 0 aromatic rings. The van der Waals surface area contributed by atoms with Crippen LogP contribution in [0.4, 0.5) is 0 Å². The van der Waals surface area contributed by atoms with Crippen molar-refractivity contribution in [1.29, 1.82) is 0 Å². The summed E-state index contributed by atoms with van der Waals surface area (Å²) >= 11 is 1.92. The Bertz CT molecular complexity index is 223. The van der Waals surface area contributed by atoms with Crippen LogP contribution in [0.2, 0.25) is 0 Å². The van der Waals surface area contributed by atoms with Gasteiger partial charge >= 0.3 is 0 Å². The topological polar surface area (TPSA) is 32.3 Å². The molecule has 0 aliphatic carbocycles. The lowest BCUT2D eigenvalue weighted by Gasteiger charge is -2.15. The van der Waals surface area contributed by atoms with Gasteiger partial charge in [0.25, 0.3) is 0 Å². The van der Waals surface area contributed by atoms with Gasteiger partial charge in [-0.1, -0.05) is 26.2 Å². The van der Waals surface area contributed by atoms with Gasteiger partial charge in [-0.05, 0) is 31.3 Å². The molecule has 0 spiro atoms. The highest BCUT2D eigenvalue weighted by molar-refractivity contribution is 7.98. The summed E-state index contributed by atoms with van der Waals surface area (Å²) in [6.07, 6.45) is 9.22. The highest BCUT2D eigenvalue weighted by Crippen LogP contribution is 2.11. The van der Waals surface area contributed by atoms with Crippen LogP contribution in [-0.2, 0) is 4.79 Å². The second-order valence-electron chi connectivity index (χ2n) is 4.71. The minimum Gasteiger partial charge on any atom is -0.329 e. The zero-order valence-corrected chi connectivity index (χ0v) is 12.0. The molecule has 17 heavy (non-hydrogen) atoms. The molecular weight excluding hydrogens is 232 g/mol. The van der Waals surface area contributed by atoms with Crippen LogP contribution in [0.3, 0.4) is 0 Å². The summed E-state index contributed by atoms with van der Waals surface area (Å²) < 4.78 is 0. The molecular formula is C13H26N2OS. The fourth-order valence-electron chi connectivity index (χ4n) is 2.21. The van der Waals surface area contributed by atoms with Crippen molar-refractivity contribution in [2.24, 2.45) is 0 Å². The molecule has 1 rings (SSSR count). The minimum absolute atomic E-state index is 0.0940. The molecule has 1 aliphatic heterocycles. The van der Waals surface area contributed by atoms with E-state index in [0.717, 1.165) is 32.5 Å². The first-order chi connectivity index (χ1) is 8.29. The van der Waals surface area contributed by atoms with Crippen LogP contribution in [0.5, 0.6) is 0 Å². The van der Waals surface area contributed by atoms with E-state index in [2.05, 4.69) is 18.5 Å². The highest BCUT2D eigenvalue weighted by atomic mass is 32.2. The lowest BCUT2D eigenvalue weighted by Crippen LogP contribution is -2.31. The molecule has 4 heteroatoms. The Balaban J connectivity index is 2.06. The van der Waals surface area contributed by atoms with Crippen LogP contribution in [0.25, 0.3) is 0 Å². The molecule has 1 fully saturated rings. The van der Waals surface area contributed by atoms with Crippen LogP contribution < -0.4 is 5.32 Å². The number of carbonyl (C=O) groups excluding carboxylic acids is 1. The Morgan fingerprint density at radius 2 is 2.12 bits per heavy atom. The summed E-state index contributed by atoms with van der Waals surface area (Å²) in [6, 6.07) is 0.0940. The maximum absolute atomic E-state index is 11.9. The van der Waals surface area contributed by atoms with E-state index < -0.39 is 0 Å². The van der Waals surface area contributed by atoms with Crippen LogP contribution in [0.1, 0.15) is 45.4 Å². The number of nitrogens with one attached hydrogen (secondary N) is 1. The van der Waals surface area contributed by atoms with E-state index in [-0.39, 0.29) is 6.04 Å². The normalized spacial score (nSPS) is 20.2. The average Bonchev–Trinajstić information content (AvgIpc) is 2.67. The Labute approximate surface area is 110 Å². The monoisotopic (exact) mass is 258 g/mol. The molecule has 1 N–H and O–H groups in total. The number of thioether (sulfide) groups is 1. The Morgan fingerprint density at radius 3 is 2.82 bits per heavy atom. The van der Waals surface area contributed by atoms with Gasteiger partial charge in [0.2, 0.25) is 5.91 Å². The zero-order chi connectivity index (χ0) is 12.5. The van der Waals surface area contributed by atoms with Crippen molar-refractivity contribution < 1.29 is 4.79 Å². The fraction of sp³-hybridized carbons (Fsp3) is 0.923. The predicted octanol–water partition coefficient (Wildman–Crippen LogP) is 2.47. The van der Waals surface area contributed by atoms with E-state index in [1.54, 1.807) is 0 Å². The van der Waals surface area contributed by atoms with Crippen molar-refractivity contribution in [3.8, 4) is 0 Å². The first kappa shape index (κ1) is 14.8. The number of hydrogen-bond acceptors (Lipinski definition) is 3. The Morgan fingerprint density at radius 1 is 1.35 bits per heavy atom. The van der Waals surface area contributed by atoms with Gasteiger partial charge in [-0.25, -0.2) is 0 Å². The summed E-state index contributed by atoms with van der Waals surface area (Å²) in [7, 11) is 0. The molecule has 1 heterocycles. The van der Waals surface area contributed by atoms with Gasteiger partial charge in [0.1, 0.15) is 0 Å². The first-order valence-corrected chi connectivity index (χ1v) is 8.20. The average molecular weight is 258 g/mol. The van der Waals surface area contributed by atoms with Crippen molar-refractivity contribution in [2.75, 3.05) is 25.2 Å². The summed E-state index contributed by atoms with van der Waals surface area (Å²) in [4.78, 5) is 13.9. The van der Waals surface area contributed by atoms with Crippen molar-refractivity contribution in [3.05, 3.63) is 0 Å². The zero-order valence-electron chi connectivity index (χ0n) is 11.2. The maximum atomic E-state index is 11.9. The van der Waals surface area contributed by atoms with Crippen LogP contribution in [0.15, 0.2) is 0 Å². The quantitative estimate of drug-likeness (QED) is 0.645. The smallest absolute Gasteiger partial charge is 0.240 e. The molecule has 1 atom stereocenters. The maximum Gasteiger partial charge on any atom is 0.240 e.